The summed E-state index contributed by atoms with van der Waals surface area (Å²) < 4.78 is 2.92. The molecule has 0 amide bonds. The molecule has 4 aromatic rings. The van der Waals surface area contributed by atoms with E-state index in [0.717, 1.165) is 6.42 Å². The standard InChI is InChI=1S/C20H17S/c1-2-15-11-13-16(14-12-15)21-19-9-5-3-7-17(19)18-8-4-6-10-20(18)21/h3-14H,2H2,1H3/q+1. The summed E-state index contributed by atoms with van der Waals surface area (Å²) in [5.74, 6) is 0. The minimum atomic E-state index is 0.0492. The molecule has 0 spiro atoms. The van der Waals surface area contributed by atoms with E-state index in [1.54, 1.807) is 0 Å². The van der Waals surface area contributed by atoms with Gasteiger partial charge in [0.15, 0.2) is 14.3 Å². The quantitative estimate of drug-likeness (QED) is 0.380. The highest BCUT2D eigenvalue weighted by atomic mass is 32.2. The molecule has 0 saturated heterocycles. The zero-order valence-corrected chi connectivity index (χ0v) is 12.9. The highest BCUT2D eigenvalue weighted by Gasteiger charge is 2.22. The molecule has 3 aromatic carbocycles. The van der Waals surface area contributed by atoms with Crippen LogP contribution in [0.2, 0.25) is 0 Å². The first kappa shape index (κ1) is 12.6. The SMILES string of the molecule is CCc1ccc(-[s+]2c3ccccc3c3ccccc32)cc1. The van der Waals surface area contributed by atoms with Gasteiger partial charge in [-0.05, 0) is 48.4 Å². The molecular formula is C20H17S+. The van der Waals surface area contributed by atoms with E-state index in [4.69, 9.17) is 0 Å². The second-order valence-electron chi connectivity index (χ2n) is 5.30. The van der Waals surface area contributed by atoms with Gasteiger partial charge in [0, 0.05) is 21.2 Å². The number of fused-ring (bicyclic) bond motifs is 3. The largest absolute Gasteiger partial charge is 0.187 e. The molecule has 0 saturated carbocycles. The van der Waals surface area contributed by atoms with Gasteiger partial charge in [-0.25, -0.2) is 0 Å². The van der Waals surface area contributed by atoms with Crippen molar-refractivity contribution in [3.63, 3.8) is 0 Å². The third-order valence-corrected chi connectivity index (χ3v) is 6.41. The average Bonchev–Trinajstić information content (AvgIpc) is 2.90. The molecule has 21 heavy (non-hydrogen) atoms. The molecule has 1 heterocycles. The van der Waals surface area contributed by atoms with Crippen molar-refractivity contribution in [2.24, 2.45) is 0 Å². The Hall–Kier alpha value is -2.12. The first-order valence-corrected chi connectivity index (χ1v) is 8.62. The molecule has 0 aliphatic rings. The Labute approximate surface area is 127 Å². The van der Waals surface area contributed by atoms with Crippen molar-refractivity contribution < 1.29 is 0 Å². The summed E-state index contributed by atoms with van der Waals surface area (Å²) in [5.41, 5.74) is 1.41. The zero-order valence-electron chi connectivity index (χ0n) is 12.0. The van der Waals surface area contributed by atoms with E-state index in [1.165, 1.54) is 30.6 Å². The molecule has 0 radical (unpaired) electrons. The second kappa shape index (κ2) is 5.01. The zero-order chi connectivity index (χ0) is 14.2. The van der Waals surface area contributed by atoms with Crippen molar-refractivity contribution in [2.45, 2.75) is 13.3 Å². The lowest BCUT2D eigenvalue weighted by molar-refractivity contribution is 1.14. The fourth-order valence-electron chi connectivity index (χ4n) is 2.97. The van der Waals surface area contributed by atoms with E-state index in [9.17, 15) is 0 Å². The molecule has 1 heteroatoms. The maximum Gasteiger partial charge on any atom is 0.187 e. The normalized spacial score (nSPS) is 11.3. The molecule has 4 rings (SSSR count). The van der Waals surface area contributed by atoms with E-state index in [1.807, 2.05) is 0 Å². The Bertz CT molecular complexity index is 860. The molecule has 0 fully saturated rings. The van der Waals surface area contributed by atoms with Crippen molar-refractivity contribution in [1.29, 1.82) is 0 Å². The van der Waals surface area contributed by atoms with Crippen molar-refractivity contribution in [1.82, 2.24) is 0 Å². The third kappa shape index (κ3) is 1.97. The Morgan fingerprint density at radius 1 is 0.667 bits per heavy atom. The van der Waals surface area contributed by atoms with Crippen LogP contribution in [0.15, 0.2) is 72.8 Å². The fourth-order valence-corrected chi connectivity index (χ4v) is 5.35. The van der Waals surface area contributed by atoms with Crippen LogP contribution >= 0.6 is 10.5 Å². The molecular weight excluding hydrogens is 272 g/mol. The van der Waals surface area contributed by atoms with Gasteiger partial charge in [-0.15, -0.1) is 0 Å². The minimum absolute atomic E-state index is 0.0492. The molecule has 102 valence electrons. The first-order chi connectivity index (χ1) is 10.4. The Kier molecular flexibility index (Phi) is 3.01. The number of aryl methyl sites for hydroxylation is 1. The third-order valence-electron chi connectivity index (χ3n) is 4.07. The van der Waals surface area contributed by atoms with Crippen LogP contribution in [-0.4, -0.2) is 0 Å². The van der Waals surface area contributed by atoms with E-state index < -0.39 is 0 Å². The molecule has 0 aliphatic heterocycles. The van der Waals surface area contributed by atoms with Gasteiger partial charge in [0.2, 0.25) is 0 Å². The molecule has 0 aliphatic carbocycles. The van der Waals surface area contributed by atoms with Crippen LogP contribution in [0.5, 0.6) is 0 Å². The van der Waals surface area contributed by atoms with Crippen molar-refractivity contribution >= 4 is 30.6 Å². The van der Waals surface area contributed by atoms with Crippen molar-refractivity contribution in [2.75, 3.05) is 0 Å². The van der Waals surface area contributed by atoms with Crippen LogP contribution in [0.3, 0.4) is 0 Å². The smallest absolute Gasteiger partial charge is 0.0613 e. The van der Waals surface area contributed by atoms with E-state index in [0.29, 0.717) is 0 Å². The van der Waals surface area contributed by atoms with Gasteiger partial charge >= 0.3 is 0 Å². The summed E-state index contributed by atoms with van der Waals surface area (Å²) in [6.45, 7) is 2.21. The van der Waals surface area contributed by atoms with Crippen LogP contribution in [0.1, 0.15) is 12.5 Å². The van der Waals surface area contributed by atoms with Gasteiger partial charge in [-0.2, -0.15) is 0 Å². The van der Waals surface area contributed by atoms with Gasteiger partial charge in [-0.3, -0.25) is 0 Å². The summed E-state index contributed by atoms with van der Waals surface area (Å²) in [6, 6.07) is 26.8. The van der Waals surface area contributed by atoms with Gasteiger partial charge in [0.25, 0.3) is 0 Å². The summed E-state index contributed by atoms with van der Waals surface area (Å²) >= 11 is 0. The highest BCUT2D eigenvalue weighted by Crippen LogP contribution is 2.47. The van der Waals surface area contributed by atoms with Crippen LogP contribution in [0.25, 0.3) is 25.1 Å². The van der Waals surface area contributed by atoms with Gasteiger partial charge < -0.3 is 0 Å². The number of rotatable bonds is 2. The molecule has 0 N–H and O–H groups in total. The van der Waals surface area contributed by atoms with Gasteiger partial charge in [0.05, 0.1) is 0 Å². The lowest BCUT2D eigenvalue weighted by Gasteiger charge is -1.96. The maximum absolute atomic E-state index is 2.31. The maximum atomic E-state index is 2.31. The highest BCUT2D eigenvalue weighted by molar-refractivity contribution is 7.50. The predicted molar refractivity (Wildman–Crippen MR) is 94.6 cm³/mol. The van der Waals surface area contributed by atoms with E-state index in [2.05, 4.69) is 79.7 Å². The number of benzene rings is 3. The van der Waals surface area contributed by atoms with Crippen LogP contribution in [0, 0.1) is 0 Å². The topological polar surface area (TPSA) is 0 Å². The number of hydrogen-bond acceptors (Lipinski definition) is 0. The molecule has 0 unspecified atom stereocenters. The summed E-state index contributed by atoms with van der Waals surface area (Å²) in [4.78, 5) is 1.42. The molecule has 0 nitrogen and oxygen atoms in total. The lowest BCUT2D eigenvalue weighted by atomic mass is 10.2. The van der Waals surface area contributed by atoms with Crippen LogP contribution in [0.4, 0.5) is 0 Å². The van der Waals surface area contributed by atoms with E-state index >= 15 is 0 Å². The second-order valence-corrected chi connectivity index (χ2v) is 7.26. The first-order valence-electron chi connectivity index (χ1n) is 7.40. The number of hydrogen-bond donors (Lipinski definition) is 0. The van der Waals surface area contributed by atoms with E-state index in [-0.39, 0.29) is 10.5 Å². The van der Waals surface area contributed by atoms with Gasteiger partial charge in [0.1, 0.15) is 0 Å². The molecule has 1 aromatic heterocycles. The monoisotopic (exact) mass is 289 g/mol. The van der Waals surface area contributed by atoms with Crippen LogP contribution < -0.4 is 0 Å². The minimum Gasteiger partial charge on any atom is -0.0613 e. The van der Waals surface area contributed by atoms with Gasteiger partial charge in [-0.1, -0.05) is 43.3 Å². The predicted octanol–water partition coefficient (Wildman–Crippen LogP) is 6.29. The fraction of sp³-hybridized carbons (Fsp3) is 0.100. The Balaban J connectivity index is 2.09. The average molecular weight is 289 g/mol. The Morgan fingerprint density at radius 3 is 1.71 bits per heavy atom. The van der Waals surface area contributed by atoms with Crippen LogP contribution in [-0.2, 0) is 6.42 Å². The molecule has 0 bridgehead atoms. The molecule has 0 atom stereocenters. The Morgan fingerprint density at radius 2 is 1.19 bits per heavy atom. The summed E-state index contributed by atoms with van der Waals surface area (Å²) in [5, 5.41) is 2.80. The summed E-state index contributed by atoms with van der Waals surface area (Å²) in [7, 11) is 0.0492. The number of thiophene rings is 1. The lowest BCUT2D eigenvalue weighted by Crippen LogP contribution is -1.78. The van der Waals surface area contributed by atoms with Crippen molar-refractivity contribution in [3.05, 3.63) is 78.4 Å². The van der Waals surface area contributed by atoms with Crippen molar-refractivity contribution in [3.8, 4) is 4.90 Å². The summed E-state index contributed by atoms with van der Waals surface area (Å²) in [6.07, 6.45) is 1.10.